The van der Waals surface area contributed by atoms with Crippen molar-refractivity contribution in [2.45, 2.75) is 39.2 Å². The highest BCUT2D eigenvalue weighted by molar-refractivity contribution is 5.76. The summed E-state index contributed by atoms with van der Waals surface area (Å²) in [6, 6.07) is 9.53. The fourth-order valence-electron chi connectivity index (χ4n) is 1.83. The van der Waals surface area contributed by atoms with E-state index in [1.807, 2.05) is 30.3 Å². The van der Waals surface area contributed by atoms with Crippen LogP contribution in [0, 0.1) is 5.92 Å². The van der Waals surface area contributed by atoms with E-state index in [1.54, 1.807) is 0 Å². The highest BCUT2D eigenvalue weighted by Gasteiger charge is 2.10. The Morgan fingerprint density at radius 3 is 2.56 bits per heavy atom. The van der Waals surface area contributed by atoms with Gasteiger partial charge in [-0.25, -0.2) is 0 Å². The molecule has 1 rings (SSSR count). The van der Waals surface area contributed by atoms with Gasteiger partial charge in [0, 0.05) is 19.0 Å². The molecule has 0 radical (unpaired) electrons. The van der Waals surface area contributed by atoms with Gasteiger partial charge in [0.05, 0.1) is 0 Å². The molecular formula is C15H24N2O. The summed E-state index contributed by atoms with van der Waals surface area (Å²) in [6.45, 7) is 5.12. The van der Waals surface area contributed by atoms with E-state index in [4.69, 9.17) is 5.73 Å². The molecule has 0 aromatic heterocycles. The van der Waals surface area contributed by atoms with Gasteiger partial charge < -0.3 is 11.1 Å². The van der Waals surface area contributed by atoms with Gasteiger partial charge in [0.1, 0.15) is 0 Å². The van der Waals surface area contributed by atoms with Crippen LogP contribution in [0.5, 0.6) is 0 Å². The molecule has 0 aliphatic rings. The number of hydrogen-bond acceptors (Lipinski definition) is 2. The molecule has 0 bridgehead atoms. The topological polar surface area (TPSA) is 55.1 Å². The molecular weight excluding hydrogens is 224 g/mol. The first kappa shape index (κ1) is 14.7. The van der Waals surface area contributed by atoms with Crippen molar-refractivity contribution in [1.82, 2.24) is 5.32 Å². The first-order valence-electron chi connectivity index (χ1n) is 6.67. The van der Waals surface area contributed by atoms with Gasteiger partial charge in [-0.05, 0) is 24.3 Å². The number of benzene rings is 1. The molecule has 0 aliphatic carbocycles. The second-order valence-corrected chi connectivity index (χ2v) is 5.11. The summed E-state index contributed by atoms with van der Waals surface area (Å²) in [7, 11) is 0. The second kappa shape index (κ2) is 7.88. The number of amides is 1. The minimum Gasteiger partial charge on any atom is -0.356 e. The summed E-state index contributed by atoms with van der Waals surface area (Å²) in [5, 5.41) is 2.92. The average Bonchev–Trinajstić information content (AvgIpc) is 2.35. The van der Waals surface area contributed by atoms with Crippen molar-refractivity contribution in [3.63, 3.8) is 0 Å². The minimum atomic E-state index is -0.212. The van der Waals surface area contributed by atoms with Crippen molar-refractivity contribution < 1.29 is 4.79 Å². The fraction of sp³-hybridized carbons (Fsp3) is 0.533. The summed E-state index contributed by atoms with van der Waals surface area (Å²) in [5.41, 5.74) is 7.00. The predicted octanol–water partition coefficient (Wildman–Crippen LogP) is 2.63. The molecule has 1 aromatic rings. The molecule has 100 valence electrons. The van der Waals surface area contributed by atoms with Gasteiger partial charge in [0.15, 0.2) is 0 Å². The molecule has 0 saturated carbocycles. The van der Waals surface area contributed by atoms with Gasteiger partial charge in [-0.2, -0.15) is 0 Å². The van der Waals surface area contributed by atoms with Crippen molar-refractivity contribution >= 4 is 5.91 Å². The van der Waals surface area contributed by atoms with Crippen molar-refractivity contribution in [3.8, 4) is 0 Å². The first-order chi connectivity index (χ1) is 8.59. The number of nitrogens with one attached hydrogen (secondary N) is 1. The first-order valence-corrected chi connectivity index (χ1v) is 6.67. The van der Waals surface area contributed by atoms with E-state index in [1.165, 1.54) is 0 Å². The molecule has 3 heteroatoms. The molecule has 18 heavy (non-hydrogen) atoms. The third-order valence-corrected chi connectivity index (χ3v) is 2.91. The molecule has 1 aromatic carbocycles. The number of carbonyl (C=O) groups is 1. The molecule has 0 saturated heterocycles. The van der Waals surface area contributed by atoms with E-state index >= 15 is 0 Å². The Hall–Kier alpha value is -1.35. The van der Waals surface area contributed by atoms with Crippen LogP contribution < -0.4 is 11.1 Å². The van der Waals surface area contributed by atoms with Gasteiger partial charge in [0.25, 0.3) is 0 Å². The highest BCUT2D eigenvalue weighted by Crippen LogP contribution is 2.12. The maximum Gasteiger partial charge on any atom is 0.221 e. The van der Waals surface area contributed by atoms with E-state index in [0.717, 1.165) is 24.9 Å². The Morgan fingerprint density at radius 1 is 1.28 bits per heavy atom. The third-order valence-electron chi connectivity index (χ3n) is 2.91. The summed E-state index contributed by atoms with van der Waals surface area (Å²) < 4.78 is 0. The van der Waals surface area contributed by atoms with Crippen LogP contribution in [0.2, 0.25) is 0 Å². The van der Waals surface area contributed by atoms with Gasteiger partial charge in [0.2, 0.25) is 5.91 Å². The molecule has 0 spiro atoms. The van der Waals surface area contributed by atoms with Gasteiger partial charge in [-0.1, -0.05) is 44.2 Å². The monoisotopic (exact) mass is 248 g/mol. The van der Waals surface area contributed by atoms with Gasteiger partial charge in [-0.3, -0.25) is 4.79 Å². The zero-order valence-corrected chi connectivity index (χ0v) is 11.4. The number of rotatable bonds is 7. The van der Waals surface area contributed by atoms with Gasteiger partial charge >= 0.3 is 0 Å². The number of carbonyl (C=O) groups excluding carboxylic acids is 1. The quantitative estimate of drug-likeness (QED) is 0.729. The summed E-state index contributed by atoms with van der Waals surface area (Å²) in [5.74, 6) is 0.726. The summed E-state index contributed by atoms with van der Waals surface area (Å²) in [4.78, 5) is 11.7. The number of hydrogen-bond donors (Lipinski definition) is 2. The molecule has 3 N–H and O–H groups in total. The lowest BCUT2D eigenvalue weighted by atomic mass is 10.0. The Balaban J connectivity index is 2.24. The van der Waals surface area contributed by atoms with Crippen molar-refractivity contribution in [2.24, 2.45) is 11.7 Å². The maximum atomic E-state index is 11.7. The lowest BCUT2D eigenvalue weighted by Crippen LogP contribution is -2.28. The highest BCUT2D eigenvalue weighted by atomic mass is 16.1. The SMILES string of the molecule is CC(C)CCCNC(=O)CC(N)c1ccccc1. The molecule has 0 fully saturated rings. The lowest BCUT2D eigenvalue weighted by Gasteiger charge is -2.12. The fourth-order valence-corrected chi connectivity index (χ4v) is 1.83. The Morgan fingerprint density at radius 2 is 1.94 bits per heavy atom. The third kappa shape index (κ3) is 5.82. The molecule has 1 atom stereocenters. The second-order valence-electron chi connectivity index (χ2n) is 5.11. The molecule has 1 amide bonds. The van der Waals surface area contributed by atoms with Crippen LogP contribution in [0.4, 0.5) is 0 Å². The van der Waals surface area contributed by atoms with Gasteiger partial charge in [-0.15, -0.1) is 0 Å². The average molecular weight is 248 g/mol. The smallest absolute Gasteiger partial charge is 0.221 e. The molecule has 0 aliphatic heterocycles. The summed E-state index contributed by atoms with van der Waals surface area (Å²) >= 11 is 0. The van der Waals surface area contributed by atoms with Crippen molar-refractivity contribution in [2.75, 3.05) is 6.54 Å². The van der Waals surface area contributed by atoms with E-state index in [-0.39, 0.29) is 11.9 Å². The van der Waals surface area contributed by atoms with E-state index in [0.29, 0.717) is 12.3 Å². The van der Waals surface area contributed by atoms with Crippen LogP contribution >= 0.6 is 0 Å². The van der Waals surface area contributed by atoms with Crippen LogP contribution in [-0.4, -0.2) is 12.5 Å². The van der Waals surface area contributed by atoms with E-state index in [9.17, 15) is 4.79 Å². The largest absolute Gasteiger partial charge is 0.356 e. The molecule has 1 unspecified atom stereocenters. The van der Waals surface area contributed by atoms with Crippen molar-refractivity contribution in [3.05, 3.63) is 35.9 Å². The maximum absolute atomic E-state index is 11.7. The normalized spacial score (nSPS) is 12.4. The zero-order chi connectivity index (χ0) is 13.4. The van der Waals surface area contributed by atoms with Crippen LogP contribution in [0.1, 0.15) is 44.7 Å². The van der Waals surface area contributed by atoms with E-state index in [2.05, 4.69) is 19.2 Å². The minimum absolute atomic E-state index is 0.0371. The Bertz CT molecular complexity index is 349. The Kier molecular flexibility index (Phi) is 6.44. The number of nitrogens with two attached hydrogens (primary N) is 1. The van der Waals surface area contributed by atoms with Crippen LogP contribution in [0.15, 0.2) is 30.3 Å². The summed E-state index contributed by atoms with van der Waals surface area (Å²) in [6.07, 6.45) is 2.53. The molecule has 3 nitrogen and oxygen atoms in total. The Labute approximate surface area is 110 Å². The van der Waals surface area contributed by atoms with E-state index < -0.39 is 0 Å². The van der Waals surface area contributed by atoms with Crippen molar-refractivity contribution in [1.29, 1.82) is 0 Å². The van der Waals surface area contributed by atoms with Crippen LogP contribution in [0.25, 0.3) is 0 Å². The van der Waals surface area contributed by atoms with Crippen LogP contribution in [0.3, 0.4) is 0 Å². The van der Waals surface area contributed by atoms with Crippen LogP contribution in [-0.2, 0) is 4.79 Å². The lowest BCUT2D eigenvalue weighted by molar-refractivity contribution is -0.121. The molecule has 0 heterocycles. The predicted molar refractivity (Wildman–Crippen MR) is 75.1 cm³/mol. The standard InChI is InChI=1S/C15H24N2O/c1-12(2)7-6-10-17-15(18)11-14(16)13-8-4-3-5-9-13/h3-5,8-9,12,14H,6-7,10-11,16H2,1-2H3,(H,17,18). The zero-order valence-electron chi connectivity index (χ0n) is 11.4.